The zero-order valence-corrected chi connectivity index (χ0v) is 14.8. The van der Waals surface area contributed by atoms with Crippen molar-refractivity contribution < 1.29 is 18.7 Å². The summed E-state index contributed by atoms with van der Waals surface area (Å²) in [6.07, 6.45) is 2.03. The lowest BCUT2D eigenvalue weighted by Crippen LogP contribution is -2.44. The van der Waals surface area contributed by atoms with Crippen molar-refractivity contribution in [2.75, 3.05) is 31.1 Å². The van der Waals surface area contributed by atoms with Crippen LogP contribution in [-0.2, 0) is 14.3 Å². The summed E-state index contributed by atoms with van der Waals surface area (Å²) in [5, 5.41) is 0. The molecule has 6 heteroatoms. The minimum absolute atomic E-state index is 0.00156. The van der Waals surface area contributed by atoms with E-state index < -0.39 is 11.7 Å². The summed E-state index contributed by atoms with van der Waals surface area (Å²) < 4.78 is 19.8. The summed E-state index contributed by atoms with van der Waals surface area (Å²) in [5.41, 5.74) is 1.07. The number of likely N-dealkylation sites (tertiary alicyclic amines) is 1. The van der Waals surface area contributed by atoms with Gasteiger partial charge in [0.05, 0.1) is 17.7 Å². The Labute approximate surface area is 147 Å². The molecule has 3 rings (SSSR count). The first kappa shape index (κ1) is 17.9. The van der Waals surface area contributed by atoms with Gasteiger partial charge < -0.3 is 14.5 Å². The molecule has 0 saturated carbocycles. The largest absolute Gasteiger partial charge is 0.378 e. The summed E-state index contributed by atoms with van der Waals surface area (Å²) in [5.74, 6) is -1.00. The highest BCUT2D eigenvalue weighted by Gasteiger charge is 2.38. The number of anilines is 1. The molecule has 0 spiro atoms. The van der Waals surface area contributed by atoms with E-state index in [9.17, 15) is 14.0 Å². The molecule has 0 N–H and O–H groups in total. The minimum atomic E-state index is -0.418. The van der Waals surface area contributed by atoms with Gasteiger partial charge in [-0.1, -0.05) is 6.07 Å². The normalized spacial score (nSPS) is 21.9. The number of hydrogen-bond acceptors (Lipinski definition) is 3. The van der Waals surface area contributed by atoms with E-state index in [1.165, 1.54) is 11.0 Å². The van der Waals surface area contributed by atoms with Crippen LogP contribution in [0.4, 0.5) is 10.1 Å². The van der Waals surface area contributed by atoms with Gasteiger partial charge in [0.25, 0.3) is 0 Å². The van der Waals surface area contributed by atoms with Gasteiger partial charge >= 0.3 is 0 Å². The van der Waals surface area contributed by atoms with Crippen LogP contribution >= 0.6 is 0 Å². The number of hydrogen-bond donors (Lipinski definition) is 0. The number of rotatable bonds is 4. The van der Waals surface area contributed by atoms with Crippen LogP contribution in [0.25, 0.3) is 0 Å². The maximum atomic E-state index is 14.2. The maximum Gasteiger partial charge on any atom is 0.228 e. The lowest BCUT2D eigenvalue weighted by atomic mass is 10.0. The highest BCUT2D eigenvalue weighted by atomic mass is 19.1. The van der Waals surface area contributed by atoms with Crippen molar-refractivity contribution >= 4 is 17.5 Å². The fourth-order valence-corrected chi connectivity index (χ4v) is 3.67. The van der Waals surface area contributed by atoms with E-state index in [2.05, 4.69) is 0 Å². The molecule has 1 aromatic rings. The third kappa shape index (κ3) is 3.84. The Morgan fingerprint density at radius 1 is 1.32 bits per heavy atom. The summed E-state index contributed by atoms with van der Waals surface area (Å²) in [7, 11) is 0. The van der Waals surface area contributed by atoms with E-state index in [1.54, 1.807) is 19.1 Å². The van der Waals surface area contributed by atoms with E-state index >= 15 is 0 Å². The number of carbonyl (C=O) groups is 2. The molecule has 136 valence electrons. The van der Waals surface area contributed by atoms with Gasteiger partial charge in [-0.05, 0) is 44.4 Å². The molecule has 2 amide bonds. The highest BCUT2D eigenvalue weighted by Crippen LogP contribution is 2.29. The van der Waals surface area contributed by atoms with E-state index in [0.29, 0.717) is 19.7 Å². The standard InChI is InChI=1S/C19H25FN2O3/c1-3-25-15-6-8-21(9-7-15)19(24)14-11-18(23)22(12-14)17-5-4-13(2)10-16(17)20/h4-5,10,14-15H,3,6-9,11-12H2,1-2H3. The number of ether oxygens (including phenoxy) is 1. The molecule has 0 aliphatic carbocycles. The summed E-state index contributed by atoms with van der Waals surface area (Å²) in [6, 6.07) is 4.80. The molecule has 2 fully saturated rings. The SMILES string of the molecule is CCOC1CCN(C(=O)C2CC(=O)N(c3ccc(C)cc3F)C2)CC1. The fourth-order valence-electron chi connectivity index (χ4n) is 3.67. The average Bonchev–Trinajstić information content (AvgIpc) is 2.97. The zero-order valence-electron chi connectivity index (χ0n) is 14.8. The number of halogens is 1. The van der Waals surface area contributed by atoms with E-state index in [1.807, 2.05) is 11.8 Å². The van der Waals surface area contributed by atoms with Gasteiger partial charge in [-0.25, -0.2) is 4.39 Å². The van der Waals surface area contributed by atoms with Gasteiger partial charge in [0.15, 0.2) is 0 Å². The topological polar surface area (TPSA) is 49.9 Å². The predicted molar refractivity (Wildman–Crippen MR) is 92.8 cm³/mol. The Hall–Kier alpha value is -1.95. The zero-order chi connectivity index (χ0) is 18.0. The molecule has 1 aromatic carbocycles. The van der Waals surface area contributed by atoms with Crippen molar-refractivity contribution in [2.24, 2.45) is 5.92 Å². The third-order valence-corrected chi connectivity index (χ3v) is 5.02. The predicted octanol–water partition coefficient (Wildman–Crippen LogP) is 2.51. The number of piperidine rings is 1. The molecular formula is C19H25FN2O3. The molecule has 2 heterocycles. The van der Waals surface area contributed by atoms with E-state index in [0.717, 1.165) is 18.4 Å². The first-order chi connectivity index (χ1) is 12.0. The first-order valence-corrected chi connectivity index (χ1v) is 8.96. The second-order valence-corrected chi connectivity index (χ2v) is 6.84. The number of carbonyl (C=O) groups excluding carboxylic acids is 2. The highest BCUT2D eigenvalue weighted by molar-refractivity contribution is 6.00. The maximum absolute atomic E-state index is 14.2. The van der Waals surface area contributed by atoms with Crippen molar-refractivity contribution in [3.8, 4) is 0 Å². The fraction of sp³-hybridized carbons (Fsp3) is 0.579. The van der Waals surface area contributed by atoms with Gasteiger partial charge in [-0.15, -0.1) is 0 Å². The van der Waals surface area contributed by atoms with Crippen LogP contribution in [0.15, 0.2) is 18.2 Å². The van der Waals surface area contributed by atoms with Crippen LogP contribution in [0, 0.1) is 18.7 Å². The molecular weight excluding hydrogens is 323 g/mol. The Kier molecular flexibility index (Phi) is 5.37. The van der Waals surface area contributed by atoms with Gasteiger partial charge in [0, 0.05) is 32.7 Å². The molecule has 2 aliphatic heterocycles. The third-order valence-electron chi connectivity index (χ3n) is 5.02. The average molecular weight is 348 g/mol. The molecule has 0 aromatic heterocycles. The number of amides is 2. The minimum Gasteiger partial charge on any atom is -0.378 e. The lowest BCUT2D eigenvalue weighted by molar-refractivity contribution is -0.138. The molecule has 0 radical (unpaired) electrons. The second kappa shape index (κ2) is 7.52. The van der Waals surface area contributed by atoms with Crippen molar-refractivity contribution in [1.29, 1.82) is 0 Å². The van der Waals surface area contributed by atoms with Crippen LogP contribution in [0.2, 0.25) is 0 Å². The summed E-state index contributed by atoms with van der Waals surface area (Å²) >= 11 is 0. The molecule has 2 aliphatic rings. The van der Waals surface area contributed by atoms with E-state index in [-0.39, 0.29) is 36.6 Å². The van der Waals surface area contributed by atoms with Gasteiger partial charge in [0.2, 0.25) is 11.8 Å². The lowest BCUT2D eigenvalue weighted by Gasteiger charge is -2.33. The number of benzene rings is 1. The molecule has 1 unspecified atom stereocenters. The number of aryl methyl sites for hydroxylation is 1. The molecule has 5 nitrogen and oxygen atoms in total. The second-order valence-electron chi connectivity index (χ2n) is 6.84. The van der Waals surface area contributed by atoms with Crippen LogP contribution in [0.3, 0.4) is 0 Å². The smallest absolute Gasteiger partial charge is 0.228 e. The Morgan fingerprint density at radius 3 is 2.68 bits per heavy atom. The Bertz CT molecular complexity index is 656. The van der Waals surface area contributed by atoms with Crippen LogP contribution in [0.1, 0.15) is 31.7 Å². The first-order valence-electron chi connectivity index (χ1n) is 8.96. The van der Waals surface area contributed by atoms with Crippen LogP contribution in [0.5, 0.6) is 0 Å². The monoisotopic (exact) mass is 348 g/mol. The summed E-state index contributed by atoms with van der Waals surface area (Å²) in [6.45, 7) is 6.04. The quantitative estimate of drug-likeness (QED) is 0.840. The Balaban J connectivity index is 1.63. The van der Waals surface area contributed by atoms with E-state index in [4.69, 9.17) is 4.74 Å². The molecule has 1 atom stereocenters. The van der Waals surface area contributed by atoms with Gasteiger partial charge in [-0.3, -0.25) is 9.59 Å². The van der Waals surface area contributed by atoms with Crippen LogP contribution < -0.4 is 4.90 Å². The van der Waals surface area contributed by atoms with Crippen LogP contribution in [-0.4, -0.2) is 49.1 Å². The Morgan fingerprint density at radius 2 is 2.04 bits per heavy atom. The van der Waals surface area contributed by atoms with Crippen molar-refractivity contribution in [3.05, 3.63) is 29.6 Å². The number of nitrogens with zero attached hydrogens (tertiary/aromatic N) is 2. The van der Waals surface area contributed by atoms with Gasteiger partial charge in [-0.2, -0.15) is 0 Å². The molecule has 2 saturated heterocycles. The summed E-state index contributed by atoms with van der Waals surface area (Å²) in [4.78, 5) is 28.3. The molecule has 0 bridgehead atoms. The van der Waals surface area contributed by atoms with Crippen molar-refractivity contribution in [1.82, 2.24) is 4.90 Å². The van der Waals surface area contributed by atoms with Gasteiger partial charge in [0.1, 0.15) is 5.82 Å². The van der Waals surface area contributed by atoms with Crippen molar-refractivity contribution in [2.45, 2.75) is 39.2 Å². The molecule has 25 heavy (non-hydrogen) atoms. The van der Waals surface area contributed by atoms with Crippen molar-refractivity contribution in [3.63, 3.8) is 0 Å².